The fourth-order valence-electron chi connectivity index (χ4n) is 2.44. The van der Waals surface area contributed by atoms with Gasteiger partial charge in [-0.3, -0.25) is 0 Å². The lowest BCUT2D eigenvalue weighted by atomic mass is 10.0. The molecule has 3 N–H and O–H groups in total. The van der Waals surface area contributed by atoms with Gasteiger partial charge in [0.15, 0.2) is 0 Å². The van der Waals surface area contributed by atoms with Crippen molar-refractivity contribution >= 4 is 10.9 Å². The second-order valence-electron chi connectivity index (χ2n) is 4.77. The summed E-state index contributed by atoms with van der Waals surface area (Å²) in [5.41, 5.74) is 9.01. The summed E-state index contributed by atoms with van der Waals surface area (Å²) in [6, 6.07) is 9.23. The summed E-state index contributed by atoms with van der Waals surface area (Å²) < 4.78 is 26.6. The molecule has 0 spiro atoms. The van der Waals surface area contributed by atoms with Gasteiger partial charge in [-0.1, -0.05) is 6.07 Å². The summed E-state index contributed by atoms with van der Waals surface area (Å²) in [5, 5.41) is 1.04. The van der Waals surface area contributed by atoms with E-state index in [0.29, 0.717) is 12.1 Å². The maximum Gasteiger partial charge on any atom is 0.126 e. The van der Waals surface area contributed by atoms with Crippen molar-refractivity contribution in [3.8, 4) is 11.1 Å². The Morgan fingerprint density at radius 2 is 1.70 bits per heavy atom. The van der Waals surface area contributed by atoms with Crippen LogP contribution in [0.5, 0.6) is 0 Å². The standard InChI is InChI=1S/C16H14F2N2/c17-13-5-12(6-14(18)8-13)10-1-2-16-15(7-10)11(3-4-19)9-20-16/h1-2,5-9,20H,3-4,19H2. The van der Waals surface area contributed by atoms with Crippen LogP contribution < -0.4 is 5.73 Å². The Bertz CT molecular complexity index is 742. The molecule has 0 saturated carbocycles. The summed E-state index contributed by atoms with van der Waals surface area (Å²) >= 11 is 0. The van der Waals surface area contributed by atoms with Gasteiger partial charge in [0.2, 0.25) is 0 Å². The lowest BCUT2D eigenvalue weighted by molar-refractivity contribution is 0.584. The van der Waals surface area contributed by atoms with Gasteiger partial charge in [-0.15, -0.1) is 0 Å². The molecule has 1 heterocycles. The fraction of sp³-hybridized carbons (Fsp3) is 0.125. The molecule has 0 fully saturated rings. The summed E-state index contributed by atoms with van der Waals surface area (Å²) in [7, 11) is 0. The first-order chi connectivity index (χ1) is 9.67. The lowest BCUT2D eigenvalue weighted by Crippen LogP contribution is -2.01. The molecule has 0 aliphatic rings. The minimum atomic E-state index is -0.573. The summed E-state index contributed by atoms with van der Waals surface area (Å²) in [4.78, 5) is 3.17. The van der Waals surface area contributed by atoms with Crippen LogP contribution in [0.4, 0.5) is 8.78 Å². The van der Waals surface area contributed by atoms with Crippen LogP contribution in [0.1, 0.15) is 5.56 Å². The minimum absolute atomic E-state index is 0.532. The number of aromatic amines is 1. The van der Waals surface area contributed by atoms with Gasteiger partial charge in [-0.2, -0.15) is 0 Å². The van der Waals surface area contributed by atoms with Gasteiger partial charge in [-0.05, 0) is 53.9 Å². The highest BCUT2D eigenvalue weighted by Gasteiger charge is 2.07. The summed E-state index contributed by atoms with van der Waals surface area (Å²) in [5.74, 6) is -1.15. The molecule has 0 saturated heterocycles. The molecule has 20 heavy (non-hydrogen) atoms. The molecule has 0 atom stereocenters. The second kappa shape index (κ2) is 5.06. The van der Waals surface area contributed by atoms with Crippen LogP contribution in [-0.4, -0.2) is 11.5 Å². The molecule has 0 amide bonds. The molecular weight excluding hydrogens is 258 g/mol. The highest BCUT2D eigenvalue weighted by Crippen LogP contribution is 2.27. The van der Waals surface area contributed by atoms with Crippen LogP contribution in [-0.2, 0) is 6.42 Å². The number of halogens is 2. The molecule has 102 valence electrons. The zero-order valence-corrected chi connectivity index (χ0v) is 10.8. The Labute approximate surface area is 115 Å². The number of nitrogens with one attached hydrogen (secondary N) is 1. The smallest absolute Gasteiger partial charge is 0.126 e. The molecule has 3 aromatic rings. The SMILES string of the molecule is NCCc1c[nH]c2ccc(-c3cc(F)cc(F)c3)cc12. The lowest BCUT2D eigenvalue weighted by Gasteiger charge is -2.04. The molecule has 1 aromatic heterocycles. The molecule has 0 aliphatic carbocycles. The maximum absolute atomic E-state index is 13.3. The summed E-state index contributed by atoms with van der Waals surface area (Å²) in [6.07, 6.45) is 2.69. The predicted octanol–water partition coefficient (Wildman–Crippen LogP) is 3.61. The first-order valence-electron chi connectivity index (χ1n) is 6.44. The van der Waals surface area contributed by atoms with Crippen LogP contribution in [0, 0.1) is 11.6 Å². The van der Waals surface area contributed by atoms with Crippen LogP contribution in [0.25, 0.3) is 22.0 Å². The van der Waals surface area contributed by atoms with E-state index in [1.165, 1.54) is 12.1 Å². The van der Waals surface area contributed by atoms with Gasteiger partial charge in [0.05, 0.1) is 0 Å². The van der Waals surface area contributed by atoms with Crippen LogP contribution in [0.2, 0.25) is 0 Å². The van der Waals surface area contributed by atoms with E-state index in [9.17, 15) is 8.78 Å². The number of benzene rings is 2. The van der Waals surface area contributed by atoms with E-state index in [-0.39, 0.29) is 0 Å². The van der Waals surface area contributed by atoms with E-state index in [1.54, 1.807) is 0 Å². The molecule has 0 unspecified atom stereocenters. The van der Waals surface area contributed by atoms with Crippen molar-refractivity contribution in [2.45, 2.75) is 6.42 Å². The van der Waals surface area contributed by atoms with Gasteiger partial charge in [0.25, 0.3) is 0 Å². The topological polar surface area (TPSA) is 41.8 Å². The van der Waals surface area contributed by atoms with E-state index in [1.807, 2.05) is 24.4 Å². The zero-order valence-electron chi connectivity index (χ0n) is 10.8. The summed E-state index contributed by atoms with van der Waals surface area (Å²) in [6.45, 7) is 0.561. The molecule has 0 radical (unpaired) electrons. The number of fused-ring (bicyclic) bond motifs is 1. The molecule has 0 aliphatic heterocycles. The third kappa shape index (κ3) is 2.30. The normalized spacial score (nSPS) is 11.2. The Balaban J connectivity index is 2.13. The highest BCUT2D eigenvalue weighted by molar-refractivity contribution is 5.88. The Morgan fingerprint density at radius 1 is 0.950 bits per heavy atom. The van der Waals surface area contributed by atoms with Crippen LogP contribution in [0.15, 0.2) is 42.6 Å². The van der Waals surface area contributed by atoms with E-state index >= 15 is 0 Å². The monoisotopic (exact) mass is 272 g/mol. The predicted molar refractivity (Wildman–Crippen MR) is 76.4 cm³/mol. The van der Waals surface area contributed by atoms with Gasteiger partial charge in [0.1, 0.15) is 11.6 Å². The van der Waals surface area contributed by atoms with Crippen molar-refractivity contribution in [2.24, 2.45) is 5.73 Å². The van der Waals surface area contributed by atoms with E-state index in [2.05, 4.69) is 4.98 Å². The van der Waals surface area contributed by atoms with Gasteiger partial charge < -0.3 is 10.7 Å². The van der Waals surface area contributed by atoms with Gasteiger partial charge in [-0.25, -0.2) is 8.78 Å². The Hall–Kier alpha value is -2.20. The first kappa shape index (κ1) is 12.8. The first-order valence-corrected chi connectivity index (χ1v) is 6.44. The second-order valence-corrected chi connectivity index (χ2v) is 4.77. The zero-order chi connectivity index (χ0) is 14.1. The van der Waals surface area contributed by atoms with Crippen molar-refractivity contribution in [3.05, 3.63) is 59.8 Å². The number of aromatic nitrogens is 1. The van der Waals surface area contributed by atoms with Crippen LogP contribution in [0.3, 0.4) is 0 Å². The molecule has 2 aromatic carbocycles. The third-order valence-electron chi connectivity index (χ3n) is 3.38. The molecule has 4 heteroatoms. The number of rotatable bonds is 3. The highest BCUT2D eigenvalue weighted by atomic mass is 19.1. The van der Waals surface area contributed by atoms with Crippen molar-refractivity contribution in [1.29, 1.82) is 0 Å². The van der Waals surface area contributed by atoms with Crippen molar-refractivity contribution in [2.75, 3.05) is 6.54 Å². The molecule has 0 bridgehead atoms. The third-order valence-corrected chi connectivity index (χ3v) is 3.38. The number of hydrogen-bond acceptors (Lipinski definition) is 1. The molecular formula is C16H14F2N2. The molecule has 3 rings (SSSR count). The maximum atomic E-state index is 13.3. The average Bonchev–Trinajstić information content (AvgIpc) is 2.81. The van der Waals surface area contributed by atoms with Gasteiger partial charge >= 0.3 is 0 Å². The van der Waals surface area contributed by atoms with Crippen molar-refractivity contribution in [3.63, 3.8) is 0 Å². The van der Waals surface area contributed by atoms with Crippen LogP contribution >= 0.6 is 0 Å². The Kier molecular flexibility index (Phi) is 3.24. The average molecular weight is 272 g/mol. The molecule has 2 nitrogen and oxygen atoms in total. The number of H-pyrrole nitrogens is 1. The minimum Gasteiger partial charge on any atom is -0.361 e. The van der Waals surface area contributed by atoms with Crippen molar-refractivity contribution < 1.29 is 8.78 Å². The largest absolute Gasteiger partial charge is 0.361 e. The van der Waals surface area contributed by atoms with E-state index < -0.39 is 11.6 Å². The quantitative estimate of drug-likeness (QED) is 0.751. The number of nitrogens with two attached hydrogens (primary N) is 1. The Morgan fingerprint density at radius 3 is 2.40 bits per heavy atom. The fourth-order valence-corrected chi connectivity index (χ4v) is 2.44. The van der Waals surface area contributed by atoms with E-state index in [0.717, 1.165) is 34.5 Å². The van der Waals surface area contributed by atoms with Crippen molar-refractivity contribution in [1.82, 2.24) is 4.98 Å². The van der Waals surface area contributed by atoms with Gasteiger partial charge in [0, 0.05) is 23.2 Å². The number of hydrogen-bond donors (Lipinski definition) is 2. The van der Waals surface area contributed by atoms with E-state index in [4.69, 9.17) is 5.73 Å².